The van der Waals surface area contributed by atoms with Crippen LogP contribution in [-0.4, -0.2) is 29.7 Å². The third-order valence-electron chi connectivity index (χ3n) is 5.36. The Hall–Kier alpha value is -2.85. The van der Waals surface area contributed by atoms with Crippen molar-refractivity contribution in [3.8, 4) is 5.75 Å². The first-order chi connectivity index (χ1) is 14.6. The predicted octanol–water partition coefficient (Wildman–Crippen LogP) is 5.61. The molecule has 3 nitrogen and oxygen atoms in total. The van der Waals surface area contributed by atoms with Gasteiger partial charge in [0, 0.05) is 12.6 Å². The molecule has 3 rings (SSSR count). The van der Waals surface area contributed by atoms with E-state index in [4.69, 9.17) is 17.0 Å². The molecule has 3 aromatic carbocycles. The summed E-state index contributed by atoms with van der Waals surface area (Å²) in [5.41, 5.74) is 3.67. The van der Waals surface area contributed by atoms with Gasteiger partial charge in [0.15, 0.2) is 5.11 Å². The zero-order chi connectivity index (χ0) is 21.3. The van der Waals surface area contributed by atoms with Crippen LogP contribution in [0.4, 0.5) is 0 Å². The number of likely N-dealkylation sites (N-methyl/N-ethyl adjacent to an activating group) is 1. The third kappa shape index (κ3) is 5.61. The van der Waals surface area contributed by atoms with E-state index in [0.717, 1.165) is 23.8 Å². The van der Waals surface area contributed by atoms with E-state index in [9.17, 15) is 0 Å². The number of nitrogens with one attached hydrogen (secondary N) is 1. The molecule has 3 aromatic rings. The first kappa shape index (κ1) is 21.8. The summed E-state index contributed by atoms with van der Waals surface area (Å²) in [7, 11) is 1.69. The highest BCUT2D eigenvalue weighted by atomic mass is 32.1. The number of rotatable bonds is 8. The minimum Gasteiger partial charge on any atom is -0.497 e. The van der Waals surface area contributed by atoms with E-state index in [2.05, 4.69) is 84.7 Å². The Balaban J connectivity index is 1.75. The van der Waals surface area contributed by atoms with Crippen molar-refractivity contribution < 1.29 is 4.74 Å². The van der Waals surface area contributed by atoms with Crippen LogP contribution in [0.2, 0.25) is 0 Å². The fourth-order valence-corrected chi connectivity index (χ4v) is 4.15. The molecule has 0 radical (unpaired) electrons. The highest BCUT2D eigenvalue weighted by molar-refractivity contribution is 7.80. The summed E-state index contributed by atoms with van der Waals surface area (Å²) in [6.07, 6.45) is 0.918. The largest absolute Gasteiger partial charge is 0.497 e. The minimum absolute atomic E-state index is 0.0159. The highest BCUT2D eigenvalue weighted by Gasteiger charge is 2.21. The first-order valence-electron chi connectivity index (χ1n) is 10.4. The minimum atomic E-state index is 0.0159. The van der Waals surface area contributed by atoms with Gasteiger partial charge in [-0.3, -0.25) is 0 Å². The van der Waals surface area contributed by atoms with E-state index in [1.54, 1.807) is 7.11 Å². The van der Waals surface area contributed by atoms with Gasteiger partial charge in [-0.2, -0.15) is 0 Å². The average Bonchev–Trinajstić information content (AvgIpc) is 2.79. The van der Waals surface area contributed by atoms with Gasteiger partial charge in [-0.1, -0.05) is 72.8 Å². The van der Waals surface area contributed by atoms with Gasteiger partial charge in [-0.05, 0) is 61.3 Å². The Morgan fingerprint density at radius 3 is 1.90 bits per heavy atom. The van der Waals surface area contributed by atoms with Gasteiger partial charge in [0.1, 0.15) is 5.75 Å². The Morgan fingerprint density at radius 2 is 1.43 bits per heavy atom. The molecule has 0 aliphatic rings. The number of hydrogen-bond acceptors (Lipinski definition) is 2. The molecule has 0 fully saturated rings. The maximum Gasteiger partial charge on any atom is 0.169 e. The van der Waals surface area contributed by atoms with E-state index >= 15 is 0 Å². The quantitative estimate of drug-likeness (QED) is 0.481. The van der Waals surface area contributed by atoms with E-state index < -0.39 is 0 Å². The number of ether oxygens (including phenoxy) is 1. The van der Waals surface area contributed by atoms with Crippen molar-refractivity contribution in [1.82, 2.24) is 10.2 Å². The number of hydrogen-bond donors (Lipinski definition) is 1. The van der Waals surface area contributed by atoms with Crippen LogP contribution in [-0.2, 0) is 6.42 Å². The lowest BCUT2D eigenvalue weighted by atomic mass is 9.99. The second-order valence-electron chi connectivity index (χ2n) is 7.39. The molecule has 0 saturated carbocycles. The van der Waals surface area contributed by atoms with Gasteiger partial charge in [-0.15, -0.1) is 0 Å². The molecule has 4 heteroatoms. The Morgan fingerprint density at radius 1 is 0.900 bits per heavy atom. The van der Waals surface area contributed by atoms with Gasteiger partial charge >= 0.3 is 0 Å². The summed E-state index contributed by atoms with van der Waals surface area (Å²) in [6, 6.07) is 29.5. The van der Waals surface area contributed by atoms with Gasteiger partial charge in [0.2, 0.25) is 0 Å². The molecular formula is C26H30N2OS. The van der Waals surface area contributed by atoms with Gasteiger partial charge in [-0.25, -0.2) is 0 Å². The van der Waals surface area contributed by atoms with Crippen LogP contribution in [0, 0.1) is 0 Å². The molecule has 1 N–H and O–H groups in total. The Kier molecular flexibility index (Phi) is 7.86. The van der Waals surface area contributed by atoms with Crippen molar-refractivity contribution in [3.63, 3.8) is 0 Å². The van der Waals surface area contributed by atoms with Crippen LogP contribution < -0.4 is 10.1 Å². The van der Waals surface area contributed by atoms with E-state index in [0.29, 0.717) is 0 Å². The van der Waals surface area contributed by atoms with Crippen molar-refractivity contribution >= 4 is 17.3 Å². The zero-order valence-corrected chi connectivity index (χ0v) is 18.7. The third-order valence-corrected chi connectivity index (χ3v) is 5.71. The maximum atomic E-state index is 5.88. The summed E-state index contributed by atoms with van der Waals surface area (Å²) in [4.78, 5) is 2.26. The molecule has 30 heavy (non-hydrogen) atoms. The van der Waals surface area contributed by atoms with Crippen LogP contribution in [0.15, 0.2) is 84.9 Å². The van der Waals surface area contributed by atoms with Crippen molar-refractivity contribution in [1.29, 1.82) is 0 Å². The summed E-state index contributed by atoms with van der Waals surface area (Å²) >= 11 is 5.88. The zero-order valence-electron chi connectivity index (χ0n) is 17.9. The Labute approximate surface area is 185 Å². The highest BCUT2D eigenvalue weighted by Crippen LogP contribution is 2.23. The van der Waals surface area contributed by atoms with Gasteiger partial charge in [0.25, 0.3) is 0 Å². The second kappa shape index (κ2) is 10.8. The molecule has 0 amide bonds. The summed E-state index contributed by atoms with van der Waals surface area (Å²) in [6.45, 7) is 5.22. The lowest BCUT2D eigenvalue weighted by molar-refractivity contribution is 0.335. The second-order valence-corrected chi connectivity index (χ2v) is 7.78. The molecule has 1 unspecified atom stereocenters. The topological polar surface area (TPSA) is 24.5 Å². The molecule has 0 aromatic heterocycles. The molecule has 0 spiro atoms. The standard InChI is InChI=1S/C26H30N2OS/c1-4-28(20(2)19-21-15-17-24(29-3)18-16-21)26(30)27-25(22-11-7-5-8-12-22)23-13-9-6-10-14-23/h5-18,20,25H,4,19H2,1-3H3,(H,27,30). The van der Waals surface area contributed by atoms with Gasteiger partial charge in [0.05, 0.1) is 13.2 Å². The number of benzene rings is 3. The molecule has 0 aliphatic heterocycles. The van der Waals surface area contributed by atoms with Crippen LogP contribution in [0.3, 0.4) is 0 Å². The van der Waals surface area contributed by atoms with Crippen molar-refractivity contribution in [2.75, 3.05) is 13.7 Å². The average molecular weight is 419 g/mol. The summed E-state index contributed by atoms with van der Waals surface area (Å²) < 4.78 is 5.27. The van der Waals surface area contributed by atoms with Crippen LogP contribution in [0.25, 0.3) is 0 Å². The smallest absolute Gasteiger partial charge is 0.169 e. The SMILES string of the molecule is CCN(C(=S)NC(c1ccccc1)c1ccccc1)C(C)Cc1ccc(OC)cc1. The van der Waals surface area contributed by atoms with Crippen molar-refractivity contribution in [3.05, 3.63) is 102 Å². The summed E-state index contributed by atoms with van der Waals surface area (Å²) in [5, 5.41) is 4.40. The normalized spacial score (nSPS) is 11.7. The van der Waals surface area contributed by atoms with Gasteiger partial charge < -0.3 is 15.0 Å². The van der Waals surface area contributed by atoms with Crippen LogP contribution in [0.1, 0.15) is 36.6 Å². The maximum absolute atomic E-state index is 5.88. The molecule has 156 valence electrons. The monoisotopic (exact) mass is 418 g/mol. The molecular weight excluding hydrogens is 388 g/mol. The lowest BCUT2D eigenvalue weighted by Gasteiger charge is -2.33. The fourth-order valence-electron chi connectivity index (χ4n) is 3.72. The van der Waals surface area contributed by atoms with E-state index in [1.165, 1.54) is 16.7 Å². The fraction of sp³-hybridized carbons (Fsp3) is 0.269. The molecule has 0 heterocycles. The van der Waals surface area contributed by atoms with Crippen LogP contribution >= 0.6 is 12.2 Å². The predicted molar refractivity (Wildman–Crippen MR) is 129 cm³/mol. The number of nitrogens with zero attached hydrogens (tertiary/aromatic N) is 1. The lowest BCUT2D eigenvalue weighted by Crippen LogP contribution is -2.46. The van der Waals surface area contributed by atoms with Crippen molar-refractivity contribution in [2.24, 2.45) is 0 Å². The summed E-state index contributed by atoms with van der Waals surface area (Å²) in [5.74, 6) is 0.879. The number of methoxy groups -OCH3 is 1. The molecule has 0 bridgehead atoms. The van der Waals surface area contributed by atoms with E-state index in [-0.39, 0.29) is 12.1 Å². The first-order valence-corrected chi connectivity index (χ1v) is 10.8. The number of thiocarbonyl (C=S) groups is 1. The van der Waals surface area contributed by atoms with Crippen LogP contribution in [0.5, 0.6) is 5.75 Å². The van der Waals surface area contributed by atoms with Crippen molar-refractivity contribution in [2.45, 2.75) is 32.4 Å². The molecule has 1 atom stereocenters. The molecule has 0 saturated heterocycles. The molecule has 0 aliphatic carbocycles. The Bertz CT molecular complexity index is 873. The van der Waals surface area contributed by atoms with E-state index in [1.807, 2.05) is 24.3 Å².